The Hall–Kier alpha value is -3.25. The molecule has 1 aliphatic heterocycles. The zero-order valence-corrected chi connectivity index (χ0v) is 18.5. The Kier molecular flexibility index (Phi) is 6.35. The fourth-order valence-electron chi connectivity index (χ4n) is 3.40. The van der Waals surface area contributed by atoms with Gasteiger partial charge in [0, 0.05) is 13.8 Å². The number of halogens is 3. The first-order valence-electron chi connectivity index (χ1n) is 9.19. The predicted octanol–water partition coefficient (Wildman–Crippen LogP) is -0.783. The van der Waals surface area contributed by atoms with Gasteiger partial charge in [-0.25, -0.2) is 13.4 Å². The number of sulfone groups is 1. The smallest absolute Gasteiger partial charge is 0.479 e. The second-order valence-electron chi connectivity index (χ2n) is 6.94. The molecular formula is C16H18F3N5O9S. The van der Waals surface area contributed by atoms with Crippen LogP contribution in [-0.2, 0) is 38.7 Å². The van der Waals surface area contributed by atoms with Crippen molar-refractivity contribution < 1.29 is 55.2 Å². The van der Waals surface area contributed by atoms with Gasteiger partial charge in [0.1, 0.15) is 19.0 Å². The number of ether oxygens (including phenoxy) is 4. The van der Waals surface area contributed by atoms with Gasteiger partial charge in [0.05, 0.1) is 7.11 Å². The lowest BCUT2D eigenvalue weighted by Gasteiger charge is -2.33. The summed E-state index contributed by atoms with van der Waals surface area (Å²) in [5.41, 5.74) is -1.38. The van der Waals surface area contributed by atoms with Crippen molar-refractivity contribution >= 4 is 38.9 Å². The van der Waals surface area contributed by atoms with Crippen LogP contribution in [0.3, 0.4) is 0 Å². The lowest BCUT2D eigenvalue weighted by Crippen LogP contribution is -2.56. The van der Waals surface area contributed by atoms with Gasteiger partial charge in [0.25, 0.3) is 5.06 Å². The molecule has 2 aromatic rings. The van der Waals surface area contributed by atoms with Crippen molar-refractivity contribution in [3.05, 3.63) is 6.33 Å². The van der Waals surface area contributed by atoms with Crippen molar-refractivity contribution in [1.82, 2.24) is 19.5 Å². The Morgan fingerprint density at radius 3 is 2.47 bits per heavy atom. The number of carbonyl (C=O) groups is 2. The Morgan fingerprint density at radius 2 is 1.94 bits per heavy atom. The topological polar surface area (TPSA) is 195 Å². The molecule has 0 bridgehead atoms. The monoisotopic (exact) mass is 513 g/mol. The van der Waals surface area contributed by atoms with Crippen LogP contribution in [0.15, 0.2) is 6.33 Å². The Labute approximate surface area is 188 Å². The van der Waals surface area contributed by atoms with E-state index in [0.717, 1.165) is 21.0 Å². The molecule has 0 aromatic carbocycles. The number of aliphatic hydroxyl groups is 1. The minimum Gasteiger partial charge on any atom is -0.479 e. The molecule has 0 aliphatic carbocycles. The summed E-state index contributed by atoms with van der Waals surface area (Å²) in [7, 11) is -5.36. The number of nitrogens with two attached hydrogens (primary N) is 1. The predicted molar refractivity (Wildman–Crippen MR) is 102 cm³/mol. The fourth-order valence-corrected chi connectivity index (χ4v) is 4.83. The maximum atomic E-state index is 13.9. The van der Waals surface area contributed by atoms with Crippen molar-refractivity contribution in [3.8, 4) is 5.88 Å². The third kappa shape index (κ3) is 3.86. The van der Waals surface area contributed by atoms with Gasteiger partial charge in [-0.2, -0.15) is 23.1 Å². The molecule has 1 saturated heterocycles. The van der Waals surface area contributed by atoms with Gasteiger partial charge >= 0.3 is 27.3 Å². The number of anilines is 1. The molecule has 188 valence electrons. The Bertz CT molecular complexity index is 1230. The normalized spacial score (nSPS) is 25.3. The molecule has 18 heteroatoms. The minimum atomic E-state index is -6.50. The maximum Gasteiger partial charge on any atom is 0.502 e. The molecule has 0 unspecified atom stereocenters. The lowest BCUT2D eigenvalue weighted by molar-refractivity contribution is -0.157. The molecule has 4 atom stereocenters. The van der Waals surface area contributed by atoms with E-state index in [9.17, 15) is 36.3 Å². The summed E-state index contributed by atoms with van der Waals surface area (Å²) in [6, 6.07) is 0. The number of rotatable bonds is 6. The molecule has 1 aliphatic rings. The lowest BCUT2D eigenvalue weighted by atomic mass is 10.1. The number of esters is 2. The number of nitrogens with zero attached hydrogens (tertiary/aromatic N) is 4. The average molecular weight is 513 g/mol. The van der Waals surface area contributed by atoms with Gasteiger partial charge < -0.3 is 29.8 Å². The third-order valence-electron chi connectivity index (χ3n) is 4.72. The number of hydrogen-bond donors (Lipinski definition) is 2. The van der Waals surface area contributed by atoms with Crippen LogP contribution < -0.4 is 10.5 Å². The number of methoxy groups -OCH3 is 1. The van der Waals surface area contributed by atoms with Crippen LogP contribution >= 0.6 is 0 Å². The fraction of sp³-hybridized carbons (Fsp3) is 0.562. The van der Waals surface area contributed by atoms with Gasteiger partial charge in [0.2, 0.25) is 11.8 Å². The van der Waals surface area contributed by atoms with E-state index in [2.05, 4.69) is 15.0 Å². The molecule has 3 N–H and O–H groups in total. The number of imidazole rings is 1. The molecule has 3 rings (SSSR count). The van der Waals surface area contributed by atoms with Gasteiger partial charge in [-0.3, -0.25) is 14.2 Å². The number of nitrogen functional groups attached to an aromatic ring is 1. The third-order valence-corrected chi connectivity index (χ3v) is 6.64. The molecule has 14 nitrogen and oxygen atoms in total. The maximum absolute atomic E-state index is 13.9. The second-order valence-corrected chi connectivity index (χ2v) is 8.99. The van der Waals surface area contributed by atoms with Crippen molar-refractivity contribution in [1.29, 1.82) is 0 Å². The van der Waals surface area contributed by atoms with E-state index in [1.165, 1.54) is 0 Å². The Balaban J connectivity index is 2.35. The van der Waals surface area contributed by atoms with Gasteiger partial charge in [-0.1, -0.05) is 0 Å². The average Bonchev–Trinajstić information content (AvgIpc) is 3.25. The first-order chi connectivity index (χ1) is 15.7. The van der Waals surface area contributed by atoms with Crippen LogP contribution in [0.2, 0.25) is 0 Å². The highest BCUT2D eigenvalue weighted by molar-refractivity contribution is 7.92. The molecular weight excluding hydrogens is 495 g/mol. The van der Waals surface area contributed by atoms with E-state index in [4.69, 9.17) is 24.7 Å². The number of fused-ring (bicyclic) bond motifs is 1. The minimum absolute atomic E-state index is 0.265. The summed E-state index contributed by atoms with van der Waals surface area (Å²) in [4.78, 5) is 34.0. The van der Waals surface area contributed by atoms with E-state index in [1.807, 2.05) is 0 Å². The number of carbonyl (C=O) groups excluding carboxylic acids is 2. The van der Waals surface area contributed by atoms with Gasteiger partial charge in [-0.05, 0) is 0 Å². The SMILES string of the molecule is COc1nc(N)nc2c1ncn2[C@]1(S(=O)(=O)C(F)(F)F)O[C@H](COC(C)=O)[C@@H](OC(C)=O)[C@H]1O. The molecule has 1 fully saturated rings. The zero-order chi connectivity index (χ0) is 25.6. The summed E-state index contributed by atoms with van der Waals surface area (Å²) in [5.74, 6) is -2.86. The van der Waals surface area contributed by atoms with Crippen LogP contribution in [-0.4, -0.2) is 82.5 Å². The number of hydrogen-bond acceptors (Lipinski definition) is 13. The molecule has 0 radical (unpaired) electrons. The molecule has 0 amide bonds. The summed E-state index contributed by atoms with van der Waals surface area (Å²) < 4.78 is 87.4. The van der Waals surface area contributed by atoms with E-state index < -0.39 is 68.9 Å². The number of alkyl halides is 3. The first kappa shape index (κ1) is 25.4. The van der Waals surface area contributed by atoms with E-state index >= 15 is 0 Å². The molecule has 0 spiro atoms. The van der Waals surface area contributed by atoms with E-state index in [-0.39, 0.29) is 16.0 Å². The van der Waals surface area contributed by atoms with Crippen LogP contribution in [0.5, 0.6) is 5.88 Å². The zero-order valence-electron chi connectivity index (χ0n) is 17.6. The van der Waals surface area contributed by atoms with Crippen molar-refractivity contribution in [2.24, 2.45) is 0 Å². The largest absolute Gasteiger partial charge is 0.502 e. The van der Waals surface area contributed by atoms with Crippen molar-refractivity contribution in [3.63, 3.8) is 0 Å². The molecule has 34 heavy (non-hydrogen) atoms. The molecule has 0 saturated carbocycles. The number of aliphatic hydroxyl groups excluding tert-OH is 1. The standard InChI is InChI=1S/C16H18F3N5O9S/c1-6(25)31-4-8-10(32-7(2)26)11(27)15(33-8,34(28,29)16(17,18)19)24-5-21-9-12(24)22-14(20)23-13(9)30-3/h5,8,10-11,27H,4H2,1-3H3,(H2,20,22,23)/t8-,10-,11-,15+/m1/s1. The molecule has 3 heterocycles. The van der Waals surface area contributed by atoms with E-state index in [1.54, 1.807) is 0 Å². The van der Waals surface area contributed by atoms with Crippen LogP contribution in [0.4, 0.5) is 19.1 Å². The van der Waals surface area contributed by atoms with Gasteiger partial charge in [0.15, 0.2) is 23.4 Å². The summed E-state index contributed by atoms with van der Waals surface area (Å²) in [6.07, 6.45) is -6.00. The quantitative estimate of drug-likeness (QED) is 0.457. The van der Waals surface area contributed by atoms with Crippen LogP contribution in [0, 0.1) is 0 Å². The summed E-state index contributed by atoms with van der Waals surface area (Å²) >= 11 is 0. The van der Waals surface area contributed by atoms with Gasteiger partial charge in [-0.15, -0.1) is 0 Å². The van der Waals surface area contributed by atoms with Crippen molar-refractivity contribution in [2.45, 2.75) is 42.7 Å². The highest BCUT2D eigenvalue weighted by Gasteiger charge is 2.73. The summed E-state index contributed by atoms with van der Waals surface area (Å²) in [6.45, 7) is 0.951. The summed E-state index contributed by atoms with van der Waals surface area (Å²) in [5, 5.41) is 7.21. The second kappa shape index (κ2) is 8.51. The number of aromatic nitrogens is 4. The van der Waals surface area contributed by atoms with Crippen LogP contribution in [0.1, 0.15) is 13.8 Å². The van der Waals surface area contributed by atoms with Crippen LogP contribution in [0.25, 0.3) is 11.2 Å². The molecule has 2 aromatic heterocycles. The first-order valence-corrected chi connectivity index (χ1v) is 10.7. The highest BCUT2D eigenvalue weighted by atomic mass is 32.2. The Morgan fingerprint density at radius 1 is 1.29 bits per heavy atom. The highest BCUT2D eigenvalue weighted by Crippen LogP contribution is 2.48. The van der Waals surface area contributed by atoms with Crippen molar-refractivity contribution in [2.75, 3.05) is 19.5 Å². The van der Waals surface area contributed by atoms with E-state index in [0.29, 0.717) is 6.33 Å².